The second kappa shape index (κ2) is 4.74. The molecule has 1 aromatic heterocycles. The van der Waals surface area contributed by atoms with Gasteiger partial charge in [0.1, 0.15) is 0 Å². The number of rotatable bonds is 0. The lowest BCUT2D eigenvalue weighted by atomic mass is 9.37. The van der Waals surface area contributed by atoms with Crippen molar-refractivity contribution in [3.05, 3.63) is 90.3 Å². The summed E-state index contributed by atoms with van der Waals surface area (Å²) in [6.45, 7) is 7.70. The standard InChI is InChI=1S/C25H13BN2/c1-27-15-12-13-22-19(14-15)18-8-4-10-21-25(18)28(22)23-11-5-7-17-16-6-2-3-9-20(16)26(21)24(17)23/h2-14H. The maximum Gasteiger partial charge on any atom is 0.248 e. The van der Waals surface area contributed by atoms with Crippen molar-refractivity contribution in [2.45, 2.75) is 0 Å². The number of nitrogens with zero attached hydrogens (tertiary/aromatic N) is 2. The quantitative estimate of drug-likeness (QED) is 0.287. The zero-order valence-corrected chi connectivity index (χ0v) is 15.0. The molecule has 0 amide bonds. The van der Waals surface area contributed by atoms with Crippen LogP contribution in [-0.2, 0) is 0 Å². The molecule has 2 aliphatic heterocycles. The van der Waals surface area contributed by atoms with Crippen molar-refractivity contribution in [2.75, 3.05) is 0 Å². The Kier molecular flexibility index (Phi) is 2.42. The lowest BCUT2D eigenvalue weighted by Gasteiger charge is -2.24. The van der Waals surface area contributed by atoms with Crippen LogP contribution in [0.1, 0.15) is 0 Å². The molecule has 2 nitrogen and oxygen atoms in total. The number of benzene rings is 4. The Balaban J connectivity index is 1.75. The molecule has 0 unspecified atom stereocenters. The molecular weight excluding hydrogens is 339 g/mol. The van der Waals surface area contributed by atoms with Gasteiger partial charge in [0.15, 0.2) is 5.69 Å². The summed E-state index contributed by atoms with van der Waals surface area (Å²) >= 11 is 0. The van der Waals surface area contributed by atoms with E-state index in [-0.39, 0.29) is 6.71 Å². The lowest BCUT2D eigenvalue weighted by Crippen LogP contribution is -2.53. The van der Waals surface area contributed by atoms with Gasteiger partial charge in [-0.3, -0.25) is 0 Å². The van der Waals surface area contributed by atoms with Crippen molar-refractivity contribution in [1.29, 1.82) is 0 Å². The number of para-hydroxylation sites is 1. The van der Waals surface area contributed by atoms with Crippen LogP contribution in [0, 0.1) is 6.57 Å². The van der Waals surface area contributed by atoms with Gasteiger partial charge in [0.05, 0.1) is 12.1 Å². The first-order valence-electron chi connectivity index (χ1n) is 9.54. The zero-order valence-electron chi connectivity index (χ0n) is 15.0. The second-order valence-corrected chi connectivity index (χ2v) is 7.65. The van der Waals surface area contributed by atoms with Crippen molar-refractivity contribution in [3.63, 3.8) is 0 Å². The van der Waals surface area contributed by atoms with Crippen molar-refractivity contribution < 1.29 is 0 Å². The molecule has 4 aromatic carbocycles. The highest BCUT2D eigenvalue weighted by Gasteiger charge is 2.40. The van der Waals surface area contributed by atoms with Gasteiger partial charge in [-0.2, -0.15) is 0 Å². The van der Waals surface area contributed by atoms with Gasteiger partial charge in [-0.15, -0.1) is 0 Å². The van der Waals surface area contributed by atoms with Crippen molar-refractivity contribution in [2.24, 2.45) is 0 Å². The molecule has 0 saturated heterocycles. The number of hydrogen-bond donors (Lipinski definition) is 0. The number of fused-ring (bicyclic) bond motifs is 8. The van der Waals surface area contributed by atoms with Gasteiger partial charge in [-0.1, -0.05) is 66.1 Å². The van der Waals surface area contributed by atoms with Crippen molar-refractivity contribution >= 4 is 50.6 Å². The number of hydrogen-bond acceptors (Lipinski definition) is 0. The Labute approximate surface area is 162 Å². The summed E-state index contributed by atoms with van der Waals surface area (Å²) in [7, 11) is 0. The third-order valence-corrected chi connectivity index (χ3v) is 6.42. The van der Waals surface area contributed by atoms with Crippen LogP contribution in [0.2, 0.25) is 0 Å². The van der Waals surface area contributed by atoms with E-state index in [1.54, 1.807) is 0 Å². The van der Waals surface area contributed by atoms with Gasteiger partial charge in [0.2, 0.25) is 6.71 Å². The predicted octanol–water partition coefficient (Wildman–Crippen LogP) is 4.14. The summed E-state index contributed by atoms with van der Waals surface area (Å²) in [5.74, 6) is 0. The molecule has 7 rings (SSSR count). The summed E-state index contributed by atoms with van der Waals surface area (Å²) in [4.78, 5) is 3.66. The highest BCUT2D eigenvalue weighted by Crippen LogP contribution is 2.37. The average molecular weight is 352 g/mol. The molecule has 0 N–H and O–H groups in total. The van der Waals surface area contributed by atoms with E-state index in [0.717, 1.165) is 5.39 Å². The van der Waals surface area contributed by atoms with Crippen molar-refractivity contribution in [3.8, 4) is 16.8 Å². The lowest BCUT2D eigenvalue weighted by molar-refractivity contribution is 1.19. The monoisotopic (exact) mass is 352 g/mol. The minimum Gasteiger partial charge on any atom is -0.310 e. The van der Waals surface area contributed by atoms with Gasteiger partial charge in [-0.25, -0.2) is 4.85 Å². The van der Waals surface area contributed by atoms with E-state index >= 15 is 0 Å². The van der Waals surface area contributed by atoms with E-state index in [9.17, 15) is 0 Å². The van der Waals surface area contributed by atoms with Gasteiger partial charge in [-0.05, 0) is 45.6 Å². The first-order chi connectivity index (χ1) is 13.9. The molecule has 0 atom stereocenters. The van der Waals surface area contributed by atoms with Gasteiger partial charge < -0.3 is 4.57 Å². The minimum absolute atomic E-state index is 0.281. The van der Waals surface area contributed by atoms with E-state index in [1.165, 1.54) is 49.6 Å². The normalized spacial score (nSPS) is 12.9. The maximum atomic E-state index is 7.42. The second-order valence-electron chi connectivity index (χ2n) is 7.65. The molecule has 0 radical (unpaired) electrons. The fourth-order valence-corrected chi connectivity index (χ4v) is 5.39. The first kappa shape index (κ1) is 14.3. The van der Waals surface area contributed by atoms with E-state index < -0.39 is 0 Å². The van der Waals surface area contributed by atoms with Gasteiger partial charge in [0.25, 0.3) is 0 Å². The summed E-state index contributed by atoms with van der Waals surface area (Å²) in [5, 5.41) is 2.40. The Hall–Kier alpha value is -3.77. The Morgan fingerprint density at radius 3 is 2.50 bits per heavy atom. The van der Waals surface area contributed by atoms with E-state index in [0.29, 0.717) is 5.69 Å². The zero-order chi connectivity index (χ0) is 18.4. The van der Waals surface area contributed by atoms with E-state index in [1.807, 2.05) is 12.1 Å². The van der Waals surface area contributed by atoms with Crippen LogP contribution in [-0.4, -0.2) is 11.3 Å². The van der Waals surface area contributed by atoms with Crippen LogP contribution < -0.4 is 16.4 Å². The molecule has 3 heteroatoms. The summed E-state index contributed by atoms with van der Waals surface area (Å²) < 4.78 is 2.41. The van der Waals surface area contributed by atoms with Crippen LogP contribution in [0.15, 0.2) is 78.9 Å². The van der Waals surface area contributed by atoms with Gasteiger partial charge in [0, 0.05) is 16.6 Å². The van der Waals surface area contributed by atoms with Crippen LogP contribution in [0.5, 0.6) is 0 Å². The number of aromatic nitrogens is 1. The highest BCUT2D eigenvalue weighted by molar-refractivity contribution is 7.01. The molecule has 3 heterocycles. The van der Waals surface area contributed by atoms with Gasteiger partial charge >= 0.3 is 0 Å². The summed E-state index contributed by atoms with van der Waals surface area (Å²) in [5.41, 5.74) is 11.3. The average Bonchev–Trinajstić information content (AvgIpc) is 3.27. The SMILES string of the molecule is [C-]#[N+]c1ccc2c(c1)c1cccc3c1n2-c1cccc2c1B3c1ccccc1-2. The third-order valence-electron chi connectivity index (χ3n) is 6.42. The largest absolute Gasteiger partial charge is 0.310 e. The summed E-state index contributed by atoms with van der Waals surface area (Å²) in [6.07, 6.45) is 0. The van der Waals surface area contributed by atoms with Crippen LogP contribution in [0.25, 0.3) is 43.5 Å². The van der Waals surface area contributed by atoms with Crippen molar-refractivity contribution in [1.82, 2.24) is 4.57 Å². The minimum atomic E-state index is 0.281. The fraction of sp³-hybridized carbons (Fsp3) is 0. The molecule has 0 fully saturated rings. The predicted molar refractivity (Wildman–Crippen MR) is 117 cm³/mol. The topological polar surface area (TPSA) is 9.29 Å². The molecule has 28 heavy (non-hydrogen) atoms. The Morgan fingerprint density at radius 1 is 0.750 bits per heavy atom. The highest BCUT2D eigenvalue weighted by atomic mass is 15.0. The van der Waals surface area contributed by atoms with Crippen LogP contribution >= 0.6 is 0 Å². The Morgan fingerprint density at radius 2 is 1.57 bits per heavy atom. The third kappa shape index (κ3) is 1.48. The Bertz CT molecular complexity index is 1530. The van der Waals surface area contributed by atoms with Crippen LogP contribution in [0.4, 0.5) is 5.69 Å². The molecule has 0 saturated carbocycles. The molecule has 0 spiro atoms. The molecule has 5 aromatic rings. The molecule has 0 bridgehead atoms. The molecule has 126 valence electrons. The molecule has 2 aliphatic rings. The fourth-order valence-electron chi connectivity index (χ4n) is 5.39. The molecular formula is C25H13BN2. The molecule has 0 aliphatic carbocycles. The van der Waals surface area contributed by atoms with Crippen LogP contribution in [0.3, 0.4) is 0 Å². The summed E-state index contributed by atoms with van der Waals surface area (Å²) in [6, 6.07) is 28.2. The van der Waals surface area contributed by atoms with E-state index in [4.69, 9.17) is 6.57 Å². The van der Waals surface area contributed by atoms with E-state index in [2.05, 4.69) is 76.1 Å². The maximum absolute atomic E-state index is 7.42. The first-order valence-corrected chi connectivity index (χ1v) is 9.54. The smallest absolute Gasteiger partial charge is 0.248 e.